The van der Waals surface area contributed by atoms with E-state index in [9.17, 15) is 14.8 Å². The number of hydrogen-bond acceptors (Lipinski definition) is 8. The number of anilines is 3. The summed E-state index contributed by atoms with van der Waals surface area (Å²) in [6.45, 7) is 4.45. The van der Waals surface area contributed by atoms with Gasteiger partial charge in [-0.2, -0.15) is 4.98 Å². The summed E-state index contributed by atoms with van der Waals surface area (Å²) < 4.78 is 0. The Morgan fingerprint density at radius 1 is 1.25 bits per heavy atom. The molecule has 164 valence electrons. The van der Waals surface area contributed by atoms with Gasteiger partial charge in [-0.15, -0.1) is 10.2 Å². The van der Waals surface area contributed by atoms with Crippen LogP contribution in [0.15, 0.2) is 42.5 Å². The SMILES string of the molecule is CCc1nnc(N2c3cccc(C(N)=O)c3CC2C)nc1NCc1cccc(B(O)O)c1. The minimum absolute atomic E-state index is 0.0374. The Hall–Kier alpha value is -3.50. The molecule has 1 aromatic heterocycles. The highest BCUT2D eigenvalue weighted by Gasteiger charge is 2.32. The molecular weight excluding hydrogens is 407 g/mol. The molecule has 2 aromatic carbocycles. The zero-order valence-electron chi connectivity index (χ0n) is 18.0. The molecule has 10 heteroatoms. The Morgan fingerprint density at radius 2 is 2.03 bits per heavy atom. The lowest BCUT2D eigenvalue weighted by Gasteiger charge is -2.23. The molecule has 4 rings (SSSR count). The van der Waals surface area contributed by atoms with Crippen LogP contribution in [0.1, 0.15) is 41.0 Å². The summed E-state index contributed by atoms with van der Waals surface area (Å²) in [6.07, 6.45) is 1.31. The minimum atomic E-state index is -1.52. The maximum atomic E-state index is 11.9. The summed E-state index contributed by atoms with van der Waals surface area (Å²) in [5, 5.41) is 30.8. The first-order valence-corrected chi connectivity index (χ1v) is 10.5. The van der Waals surface area contributed by atoms with Gasteiger partial charge < -0.3 is 26.0 Å². The zero-order valence-corrected chi connectivity index (χ0v) is 18.0. The van der Waals surface area contributed by atoms with Crippen LogP contribution in [0.5, 0.6) is 0 Å². The summed E-state index contributed by atoms with van der Waals surface area (Å²) in [5.74, 6) is 0.602. The Kier molecular flexibility index (Phi) is 6.07. The molecule has 1 amide bonds. The smallest absolute Gasteiger partial charge is 0.423 e. The molecule has 1 atom stereocenters. The summed E-state index contributed by atoms with van der Waals surface area (Å²) in [5.41, 5.74) is 9.85. The number of carbonyl (C=O) groups excluding carboxylic acids is 1. The largest absolute Gasteiger partial charge is 0.488 e. The topological polar surface area (TPSA) is 137 Å². The molecule has 0 saturated carbocycles. The van der Waals surface area contributed by atoms with Crippen LogP contribution in [0.2, 0.25) is 0 Å². The number of nitrogens with one attached hydrogen (secondary N) is 1. The van der Waals surface area contributed by atoms with Gasteiger partial charge in [-0.05, 0) is 48.5 Å². The highest BCUT2D eigenvalue weighted by Crippen LogP contribution is 2.38. The Bertz CT molecular complexity index is 1160. The molecule has 1 aliphatic heterocycles. The van der Waals surface area contributed by atoms with Gasteiger partial charge in [-0.1, -0.05) is 37.3 Å². The second-order valence-corrected chi connectivity index (χ2v) is 7.82. The maximum Gasteiger partial charge on any atom is 0.488 e. The van der Waals surface area contributed by atoms with Gasteiger partial charge >= 0.3 is 7.12 Å². The first-order chi connectivity index (χ1) is 15.4. The number of nitrogens with zero attached hydrogens (tertiary/aromatic N) is 4. The van der Waals surface area contributed by atoms with Gasteiger partial charge in [-0.3, -0.25) is 4.79 Å². The van der Waals surface area contributed by atoms with Crippen LogP contribution in [-0.4, -0.2) is 44.3 Å². The summed E-state index contributed by atoms with van der Waals surface area (Å²) in [7, 11) is -1.52. The van der Waals surface area contributed by atoms with E-state index >= 15 is 0 Å². The lowest BCUT2D eigenvalue weighted by Crippen LogP contribution is -2.30. The van der Waals surface area contributed by atoms with Crippen molar-refractivity contribution in [2.75, 3.05) is 10.2 Å². The Labute approximate surface area is 186 Å². The predicted molar refractivity (Wildman–Crippen MR) is 123 cm³/mol. The van der Waals surface area contributed by atoms with Crippen molar-refractivity contribution in [3.8, 4) is 0 Å². The van der Waals surface area contributed by atoms with Gasteiger partial charge in [0, 0.05) is 23.8 Å². The van der Waals surface area contributed by atoms with E-state index in [1.807, 2.05) is 30.9 Å². The number of benzene rings is 2. The first-order valence-electron chi connectivity index (χ1n) is 10.5. The second-order valence-electron chi connectivity index (χ2n) is 7.82. The van der Waals surface area contributed by atoms with E-state index in [-0.39, 0.29) is 6.04 Å². The number of nitrogens with two attached hydrogens (primary N) is 1. The van der Waals surface area contributed by atoms with Crippen molar-refractivity contribution in [3.63, 3.8) is 0 Å². The fourth-order valence-electron chi connectivity index (χ4n) is 4.05. The number of aromatic nitrogens is 3. The molecule has 5 N–H and O–H groups in total. The van der Waals surface area contributed by atoms with Crippen LogP contribution in [-0.2, 0) is 19.4 Å². The quantitative estimate of drug-likeness (QED) is 0.405. The van der Waals surface area contributed by atoms with Crippen molar-refractivity contribution >= 4 is 35.9 Å². The summed E-state index contributed by atoms with van der Waals surface area (Å²) in [6, 6.07) is 12.6. The molecule has 0 spiro atoms. The number of hydrogen-bond donors (Lipinski definition) is 4. The molecular formula is C22H25BN6O3. The number of primary amides is 1. The third-order valence-electron chi connectivity index (χ3n) is 5.62. The van der Waals surface area contributed by atoms with Gasteiger partial charge in [0.05, 0.1) is 0 Å². The van der Waals surface area contributed by atoms with E-state index in [4.69, 9.17) is 10.7 Å². The number of amides is 1. The van der Waals surface area contributed by atoms with Crippen LogP contribution in [0.3, 0.4) is 0 Å². The van der Waals surface area contributed by atoms with Crippen molar-refractivity contribution in [2.45, 2.75) is 39.3 Å². The van der Waals surface area contributed by atoms with Crippen LogP contribution in [0.25, 0.3) is 0 Å². The van der Waals surface area contributed by atoms with Crippen LogP contribution in [0, 0.1) is 0 Å². The van der Waals surface area contributed by atoms with E-state index in [0.717, 1.165) is 22.5 Å². The number of carbonyl (C=O) groups is 1. The zero-order chi connectivity index (χ0) is 22.8. The molecule has 1 aliphatic rings. The van der Waals surface area contributed by atoms with Crippen molar-refractivity contribution in [2.24, 2.45) is 5.73 Å². The molecule has 0 aliphatic carbocycles. The molecule has 0 fully saturated rings. The van der Waals surface area contributed by atoms with Crippen molar-refractivity contribution in [1.29, 1.82) is 0 Å². The summed E-state index contributed by atoms with van der Waals surface area (Å²) in [4.78, 5) is 18.6. The van der Waals surface area contributed by atoms with Crippen molar-refractivity contribution < 1.29 is 14.8 Å². The Balaban J connectivity index is 1.64. The van der Waals surface area contributed by atoms with E-state index in [0.29, 0.717) is 42.2 Å². The maximum absolute atomic E-state index is 11.9. The number of fused-ring (bicyclic) bond motifs is 1. The van der Waals surface area contributed by atoms with Crippen LogP contribution in [0.4, 0.5) is 17.5 Å². The van der Waals surface area contributed by atoms with E-state index in [2.05, 4.69) is 15.5 Å². The highest BCUT2D eigenvalue weighted by molar-refractivity contribution is 6.58. The lowest BCUT2D eigenvalue weighted by atomic mass is 9.80. The van der Waals surface area contributed by atoms with Gasteiger partial charge in [0.15, 0.2) is 5.82 Å². The van der Waals surface area contributed by atoms with Crippen LogP contribution < -0.4 is 21.4 Å². The van der Waals surface area contributed by atoms with E-state index in [1.54, 1.807) is 30.3 Å². The molecule has 9 nitrogen and oxygen atoms in total. The second kappa shape index (κ2) is 8.93. The average molecular weight is 432 g/mol. The molecule has 32 heavy (non-hydrogen) atoms. The van der Waals surface area contributed by atoms with Gasteiger partial charge in [0.2, 0.25) is 5.91 Å². The average Bonchev–Trinajstić information content (AvgIpc) is 3.13. The third kappa shape index (κ3) is 4.14. The van der Waals surface area contributed by atoms with Crippen LogP contribution >= 0.6 is 0 Å². The first kappa shape index (κ1) is 21.7. The standard InChI is InChI=1S/C22H25BN6O3/c1-3-18-21(25-12-14-6-4-7-15(11-14)23(31)32)26-22(28-27-18)29-13(2)10-17-16(20(24)30)8-5-9-19(17)29/h4-9,11,13,31-32H,3,10,12H2,1-2H3,(H2,24,30)(H,25,26,28). The third-order valence-corrected chi connectivity index (χ3v) is 5.62. The minimum Gasteiger partial charge on any atom is -0.423 e. The number of rotatable bonds is 7. The van der Waals surface area contributed by atoms with Crippen molar-refractivity contribution in [1.82, 2.24) is 15.2 Å². The fourth-order valence-corrected chi connectivity index (χ4v) is 4.05. The number of aryl methyl sites for hydroxylation is 1. The lowest BCUT2D eigenvalue weighted by molar-refractivity contribution is 0.0999. The van der Waals surface area contributed by atoms with Gasteiger partial charge in [0.25, 0.3) is 5.95 Å². The highest BCUT2D eigenvalue weighted by atomic mass is 16.4. The van der Waals surface area contributed by atoms with Gasteiger partial charge in [-0.25, -0.2) is 0 Å². The summed E-state index contributed by atoms with van der Waals surface area (Å²) >= 11 is 0. The van der Waals surface area contributed by atoms with Gasteiger partial charge in [0.1, 0.15) is 5.69 Å². The predicted octanol–water partition coefficient (Wildman–Crippen LogP) is 0.908. The molecule has 3 aromatic rings. The fraction of sp³-hybridized carbons (Fsp3) is 0.273. The molecule has 0 radical (unpaired) electrons. The van der Waals surface area contributed by atoms with E-state index < -0.39 is 13.0 Å². The molecule has 0 bridgehead atoms. The monoisotopic (exact) mass is 432 g/mol. The molecule has 2 heterocycles. The molecule has 0 saturated heterocycles. The van der Waals surface area contributed by atoms with E-state index in [1.165, 1.54) is 0 Å². The molecule has 1 unspecified atom stereocenters. The Morgan fingerprint density at radius 3 is 2.75 bits per heavy atom. The van der Waals surface area contributed by atoms with Crippen molar-refractivity contribution in [3.05, 3.63) is 64.8 Å². The normalized spacial score (nSPS) is 14.9.